The van der Waals surface area contributed by atoms with Crippen LogP contribution in [0.1, 0.15) is 18.3 Å². The van der Waals surface area contributed by atoms with Gasteiger partial charge in [0, 0.05) is 41.1 Å². The summed E-state index contributed by atoms with van der Waals surface area (Å²) in [5.41, 5.74) is 1.51. The van der Waals surface area contributed by atoms with Crippen LogP contribution in [0.15, 0.2) is 12.1 Å². The fourth-order valence-electron chi connectivity index (χ4n) is 1.42. The fourth-order valence-corrected chi connectivity index (χ4v) is 2.24. The Morgan fingerprint density at radius 2 is 2.25 bits per heavy atom. The Balaban J connectivity index is 2.54. The fraction of sp³-hybridized carbons (Fsp3) is 0.545. The number of rotatable bonds is 5. The molecule has 0 saturated carbocycles. The summed E-state index contributed by atoms with van der Waals surface area (Å²) in [6.45, 7) is 4.34. The minimum Gasteiger partial charge on any atom is -0.506 e. The van der Waals surface area contributed by atoms with Crippen LogP contribution >= 0.6 is 0 Å². The number of nitrogens with zero attached hydrogens (tertiary/aromatic N) is 1. The molecule has 0 radical (unpaired) electrons. The van der Waals surface area contributed by atoms with Gasteiger partial charge in [-0.3, -0.25) is 9.19 Å². The van der Waals surface area contributed by atoms with Crippen LogP contribution in [0.3, 0.4) is 0 Å². The standard InChI is InChI=1S/C11H18N2O2S/c1-8-4-5-11(14)10(13-8)6-12-9(2)7-16(3)15/h4-5,9,12,14H,6-7H2,1-3H3. The average molecular weight is 242 g/mol. The third-order valence-electron chi connectivity index (χ3n) is 2.19. The van der Waals surface area contributed by atoms with Crippen LogP contribution in [0, 0.1) is 6.92 Å². The topological polar surface area (TPSA) is 62.2 Å². The lowest BCUT2D eigenvalue weighted by molar-refractivity contribution is 0.455. The van der Waals surface area contributed by atoms with E-state index in [4.69, 9.17) is 0 Å². The molecule has 0 aliphatic rings. The highest BCUT2D eigenvalue weighted by atomic mass is 32.2. The van der Waals surface area contributed by atoms with Gasteiger partial charge in [0.05, 0.1) is 5.69 Å². The molecule has 0 fully saturated rings. The van der Waals surface area contributed by atoms with Crippen molar-refractivity contribution in [3.63, 3.8) is 0 Å². The summed E-state index contributed by atoms with van der Waals surface area (Å²) < 4.78 is 11.0. The number of aryl methyl sites for hydroxylation is 1. The summed E-state index contributed by atoms with van der Waals surface area (Å²) >= 11 is 0. The second-order valence-corrected chi connectivity index (χ2v) is 5.42. The molecular weight excluding hydrogens is 224 g/mol. The predicted octanol–water partition coefficient (Wildman–Crippen LogP) is 0.952. The number of hydrogen-bond acceptors (Lipinski definition) is 4. The van der Waals surface area contributed by atoms with Gasteiger partial charge in [-0.1, -0.05) is 0 Å². The first-order chi connectivity index (χ1) is 7.49. The van der Waals surface area contributed by atoms with Crippen molar-refractivity contribution in [1.29, 1.82) is 0 Å². The zero-order chi connectivity index (χ0) is 12.1. The normalized spacial score (nSPS) is 14.7. The highest BCUT2D eigenvalue weighted by Crippen LogP contribution is 2.14. The van der Waals surface area contributed by atoms with Crippen molar-refractivity contribution in [2.45, 2.75) is 26.4 Å². The quantitative estimate of drug-likeness (QED) is 0.807. The Morgan fingerprint density at radius 1 is 1.56 bits per heavy atom. The maximum absolute atomic E-state index is 11.0. The molecule has 1 aromatic heterocycles. The smallest absolute Gasteiger partial charge is 0.138 e. The van der Waals surface area contributed by atoms with Gasteiger partial charge in [-0.15, -0.1) is 0 Å². The summed E-state index contributed by atoms with van der Waals surface area (Å²) in [5, 5.41) is 12.7. The van der Waals surface area contributed by atoms with Crippen LogP contribution in [-0.4, -0.2) is 32.3 Å². The number of aromatic nitrogens is 1. The molecule has 0 bridgehead atoms. The molecule has 0 aromatic carbocycles. The third-order valence-corrected chi connectivity index (χ3v) is 3.16. The largest absolute Gasteiger partial charge is 0.506 e. The molecule has 0 saturated heterocycles. The van der Waals surface area contributed by atoms with Gasteiger partial charge in [-0.2, -0.15) is 0 Å². The second-order valence-electron chi connectivity index (χ2n) is 3.94. The van der Waals surface area contributed by atoms with Crippen molar-refractivity contribution >= 4 is 10.8 Å². The van der Waals surface area contributed by atoms with Crippen LogP contribution in [0.4, 0.5) is 0 Å². The van der Waals surface area contributed by atoms with E-state index in [0.717, 1.165) is 5.69 Å². The summed E-state index contributed by atoms with van der Waals surface area (Å²) in [6, 6.07) is 3.55. The maximum atomic E-state index is 11.0. The molecule has 2 unspecified atom stereocenters. The average Bonchev–Trinajstić information content (AvgIpc) is 2.18. The van der Waals surface area contributed by atoms with Gasteiger partial charge in [0.25, 0.3) is 0 Å². The van der Waals surface area contributed by atoms with Crippen molar-refractivity contribution in [3.05, 3.63) is 23.5 Å². The van der Waals surface area contributed by atoms with Gasteiger partial charge in [-0.05, 0) is 26.0 Å². The number of nitrogens with one attached hydrogen (secondary N) is 1. The van der Waals surface area contributed by atoms with E-state index < -0.39 is 10.8 Å². The Kier molecular flexibility index (Phi) is 4.89. The molecule has 1 aromatic rings. The van der Waals surface area contributed by atoms with Crippen molar-refractivity contribution in [3.8, 4) is 5.75 Å². The van der Waals surface area contributed by atoms with Gasteiger partial charge in [-0.25, -0.2) is 0 Å². The monoisotopic (exact) mass is 242 g/mol. The molecular formula is C11H18N2O2S. The van der Waals surface area contributed by atoms with Crippen LogP contribution in [0.5, 0.6) is 5.75 Å². The predicted molar refractivity (Wildman–Crippen MR) is 65.9 cm³/mol. The molecule has 16 heavy (non-hydrogen) atoms. The van der Waals surface area contributed by atoms with Crippen molar-refractivity contribution in [2.24, 2.45) is 0 Å². The third kappa shape index (κ3) is 4.28. The molecule has 1 heterocycles. The van der Waals surface area contributed by atoms with Crippen LogP contribution in [-0.2, 0) is 17.3 Å². The first-order valence-corrected chi connectivity index (χ1v) is 6.90. The van der Waals surface area contributed by atoms with E-state index in [2.05, 4.69) is 10.3 Å². The van der Waals surface area contributed by atoms with E-state index in [1.165, 1.54) is 0 Å². The molecule has 0 amide bonds. The Labute approximate surface area is 98.6 Å². The molecule has 0 aliphatic carbocycles. The van der Waals surface area contributed by atoms with Gasteiger partial charge in [0.1, 0.15) is 5.75 Å². The molecule has 4 nitrogen and oxygen atoms in total. The zero-order valence-corrected chi connectivity index (χ0v) is 10.7. The Bertz CT molecular complexity index is 382. The number of hydrogen-bond donors (Lipinski definition) is 2. The van der Waals surface area contributed by atoms with Gasteiger partial charge in [0.15, 0.2) is 0 Å². The van der Waals surface area contributed by atoms with Crippen molar-refractivity contribution < 1.29 is 9.32 Å². The Hall–Kier alpha value is -0.940. The lowest BCUT2D eigenvalue weighted by Gasteiger charge is -2.12. The summed E-state index contributed by atoms with van der Waals surface area (Å²) in [7, 11) is -0.809. The summed E-state index contributed by atoms with van der Waals surface area (Å²) in [5.74, 6) is 0.801. The highest BCUT2D eigenvalue weighted by molar-refractivity contribution is 7.84. The number of aromatic hydroxyl groups is 1. The molecule has 5 heteroatoms. The summed E-state index contributed by atoms with van der Waals surface area (Å²) in [4.78, 5) is 4.24. The lowest BCUT2D eigenvalue weighted by Crippen LogP contribution is -2.30. The maximum Gasteiger partial charge on any atom is 0.138 e. The van der Waals surface area contributed by atoms with Crippen LogP contribution in [0.25, 0.3) is 0 Å². The minimum atomic E-state index is -0.809. The van der Waals surface area contributed by atoms with E-state index in [0.29, 0.717) is 18.0 Å². The number of pyridine rings is 1. The van der Waals surface area contributed by atoms with E-state index >= 15 is 0 Å². The van der Waals surface area contributed by atoms with E-state index in [-0.39, 0.29) is 11.8 Å². The van der Waals surface area contributed by atoms with E-state index in [1.807, 2.05) is 13.8 Å². The first-order valence-electron chi connectivity index (χ1n) is 5.18. The van der Waals surface area contributed by atoms with Crippen molar-refractivity contribution in [1.82, 2.24) is 10.3 Å². The van der Waals surface area contributed by atoms with E-state index in [1.54, 1.807) is 18.4 Å². The van der Waals surface area contributed by atoms with Crippen LogP contribution < -0.4 is 5.32 Å². The van der Waals surface area contributed by atoms with Crippen LogP contribution in [0.2, 0.25) is 0 Å². The van der Waals surface area contributed by atoms with Gasteiger partial charge >= 0.3 is 0 Å². The minimum absolute atomic E-state index is 0.146. The first kappa shape index (κ1) is 13.1. The molecule has 2 atom stereocenters. The molecule has 90 valence electrons. The molecule has 0 spiro atoms. The van der Waals surface area contributed by atoms with E-state index in [9.17, 15) is 9.32 Å². The molecule has 1 rings (SSSR count). The molecule has 2 N–H and O–H groups in total. The van der Waals surface area contributed by atoms with Gasteiger partial charge in [0.2, 0.25) is 0 Å². The molecule has 0 aliphatic heterocycles. The Morgan fingerprint density at radius 3 is 2.88 bits per heavy atom. The highest BCUT2D eigenvalue weighted by Gasteiger charge is 2.07. The lowest BCUT2D eigenvalue weighted by atomic mass is 10.2. The second kappa shape index (κ2) is 5.96. The van der Waals surface area contributed by atoms with Gasteiger partial charge < -0.3 is 10.4 Å². The zero-order valence-electron chi connectivity index (χ0n) is 9.86. The summed E-state index contributed by atoms with van der Waals surface area (Å²) in [6.07, 6.45) is 1.68. The SMILES string of the molecule is Cc1ccc(O)c(CNC(C)CS(C)=O)n1. The van der Waals surface area contributed by atoms with Crippen molar-refractivity contribution in [2.75, 3.05) is 12.0 Å².